The van der Waals surface area contributed by atoms with Gasteiger partial charge in [0.1, 0.15) is 24.4 Å². The second kappa shape index (κ2) is 26.0. The number of unbranched alkanes of at least 4 members (excludes halogenated alkanes) is 11. The summed E-state index contributed by atoms with van der Waals surface area (Å²) in [6.07, 6.45) is 2.26. The van der Waals surface area contributed by atoms with Gasteiger partial charge in [-0.25, -0.2) is 8.98 Å². The summed E-state index contributed by atoms with van der Waals surface area (Å²) < 4.78 is 48.7. The standard InChI is InChI=1S/C35H64N4O14S/c1-5-7-9-11-13-14-16-18-28(41)39(19-17-15-12-10-8-6-2)34-30(38-27(40)20-25(21-29(42)43)37-33(45)23(3)36)32(52-24(4)35(46)47)31(44)26(53-34)22-51-54(48,49)50/h23-26,30-32,34,44H,5-22,36H2,1-4H3,(H,37,45)(H,38,40)(H,42,43)(H,46,47)(H,48,49,50)/t23?,24-,25+,26?,30?,31?,32?,34?/m0/s1. The summed E-state index contributed by atoms with van der Waals surface area (Å²) in [5, 5.41) is 35.6. The lowest BCUT2D eigenvalue weighted by molar-refractivity contribution is -0.246. The third kappa shape index (κ3) is 19.6. The number of nitrogens with two attached hydrogens (primary N) is 1. The van der Waals surface area contributed by atoms with Crippen molar-refractivity contribution in [3.8, 4) is 0 Å². The van der Waals surface area contributed by atoms with Crippen molar-refractivity contribution < 1.29 is 65.9 Å². The van der Waals surface area contributed by atoms with E-state index in [-0.39, 0.29) is 18.9 Å². The van der Waals surface area contributed by atoms with Crippen molar-refractivity contribution >= 4 is 40.1 Å². The first kappa shape index (κ1) is 49.1. The summed E-state index contributed by atoms with van der Waals surface area (Å²) in [7, 11) is -5.04. The molecule has 1 heterocycles. The molecule has 0 radical (unpaired) electrons. The molecule has 1 saturated heterocycles. The molecule has 1 rings (SSSR count). The maximum atomic E-state index is 14.0. The SMILES string of the molecule is CCCCCCCCCC(=O)N(CCCCCCCC)C1OC(COS(=O)(=O)O)C(O)C(O[C@@H](C)C(=O)O)C1NC(=O)C[C@H](CC(=O)O)NC(=O)C(C)N. The van der Waals surface area contributed by atoms with Crippen molar-refractivity contribution in [2.24, 2.45) is 5.73 Å². The van der Waals surface area contributed by atoms with Crippen molar-refractivity contribution in [2.45, 2.75) is 179 Å². The summed E-state index contributed by atoms with van der Waals surface area (Å²) >= 11 is 0. The molecule has 8 atom stereocenters. The van der Waals surface area contributed by atoms with Crippen molar-refractivity contribution in [2.75, 3.05) is 13.2 Å². The first-order chi connectivity index (χ1) is 25.4. The van der Waals surface area contributed by atoms with E-state index in [9.17, 15) is 52.3 Å². The summed E-state index contributed by atoms with van der Waals surface area (Å²) in [6, 6.07) is -3.75. The molecule has 0 saturated carbocycles. The van der Waals surface area contributed by atoms with Crippen molar-refractivity contribution in [1.29, 1.82) is 0 Å². The number of carboxylic acid groups (broad SMARTS) is 2. The van der Waals surface area contributed by atoms with Crippen LogP contribution in [0.15, 0.2) is 0 Å². The summed E-state index contributed by atoms with van der Waals surface area (Å²) in [5.74, 6) is -4.75. The number of hydrogen-bond donors (Lipinski definition) is 7. The van der Waals surface area contributed by atoms with Gasteiger partial charge >= 0.3 is 22.3 Å². The second-order valence-corrected chi connectivity index (χ2v) is 15.1. The van der Waals surface area contributed by atoms with Gasteiger partial charge in [0.15, 0.2) is 12.3 Å². The predicted octanol–water partition coefficient (Wildman–Crippen LogP) is 2.26. The fourth-order valence-corrected chi connectivity index (χ4v) is 6.43. The van der Waals surface area contributed by atoms with E-state index in [1.807, 2.05) is 0 Å². The van der Waals surface area contributed by atoms with Gasteiger partial charge in [-0.2, -0.15) is 8.42 Å². The van der Waals surface area contributed by atoms with Gasteiger partial charge in [0.25, 0.3) is 0 Å². The van der Waals surface area contributed by atoms with Crippen LogP contribution in [0.3, 0.4) is 0 Å². The topological polar surface area (TPSA) is 281 Å². The number of carbonyl (C=O) groups excluding carboxylic acids is 3. The van der Waals surface area contributed by atoms with Gasteiger partial charge in [-0.1, -0.05) is 84.5 Å². The first-order valence-electron chi connectivity index (χ1n) is 19.1. The van der Waals surface area contributed by atoms with E-state index in [1.165, 1.54) is 11.8 Å². The molecule has 0 bridgehead atoms. The van der Waals surface area contributed by atoms with Gasteiger partial charge in [-0.05, 0) is 26.7 Å². The van der Waals surface area contributed by atoms with Crippen LogP contribution in [0.2, 0.25) is 0 Å². The van der Waals surface area contributed by atoms with Gasteiger partial charge in [-0.15, -0.1) is 0 Å². The lowest BCUT2D eigenvalue weighted by Crippen LogP contribution is -2.70. The zero-order chi connectivity index (χ0) is 40.8. The number of aliphatic hydroxyl groups is 1. The molecule has 54 heavy (non-hydrogen) atoms. The highest BCUT2D eigenvalue weighted by molar-refractivity contribution is 7.80. The van der Waals surface area contributed by atoms with Crippen LogP contribution in [0.1, 0.15) is 130 Å². The van der Waals surface area contributed by atoms with Crippen LogP contribution >= 0.6 is 0 Å². The average Bonchev–Trinajstić information content (AvgIpc) is 3.08. The number of carbonyl (C=O) groups is 5. The molecule has 0 spiro atoms. The molecule has 8 N–H and O–H groups in total. The summed E-state index contributed by atoms with van der Waals surface area (Å²) in [5.41, 5.74) is 5.62. The molecule has 314 valence electrons. The maximum absolute atomic E-state index is 14.0. The average molecular weight is 797 g/mol. The lowest BCUT2D eigenvalue weighted by Gasteiger charge is -2.48. The van der Waals surface area contributed by atoms with Crippen LogP contribution < -0.4 is 16.4 Å². The Morgan fingerprint density at radius 1 is 0.870 bits per heavy atom. The Kier molecular flexibility index (Phi) is 23.6. The van der Waals surface area contributed by atoms with Crippen molar-refractivity contribution in [1.82, 2.24) is 15.5 Å². The highest BCUT2D eigenvalue weighted by Crippen LogP contribution is 2.29. The minimum atomic E-state index is -5.04. The summed E-state index contributed by atoms with van der Waals surface area (Å²) in [4.78, 5) is 64.9. The maximum Gasteiger partial charge on any atom is 0.397 e. The number of ether oxygens (including phenoxy) is 2. The minimum Gasteiger partial charge on any atom is -0.481 e. The lowest BCUT2D eigenvalue weighted by atomic mass is 9.93. The van der Waals surface area contributed by atoms with Crippen LogP contribution in [0.4, 0.5) is 0 Å². The highest BCUT2D eigenvalue weighted by atomic mass is 32.3. The largest absolute Gasteiger partial charge is 0.481 e. The van der Waals surface area contributed by atoms with Gasteiger partial charge in [-0.3, -0.25) is 23.7 Å². The summed E-state index contributed by atoms with van der Waals surface area (Å²) in [6.45, 7) is 5.87. The zero-order valence-electron chi connectivity index (χ0n) is 32.2. The zero-order valence-corrected chi connectivity index (χ0v) is 33.0. The van der Waals surface area contributed by atoms with Crippen LogP contribution in [-0.4, -0.2) is 125 Å². The minimum absolute atomic E-state index is 0.0833. The molecule has 3 amide bonds. The first-order valence-corrected chi connectivity index (χ1v) is 20.5. The molecule has 18 nitrogen and oxygen atoms in total. The van der Waals surface area contributed by atoms with E-state index in [4.69, 9.17) is 15.2 Å². The van der Waals surface area contributed by atoms with Crippen LogP contribution in [-0.2, 0) is 48.0 Å². The molecule has 6 unspecified atom stereocenters. The van der Waals surface area contributed by atoms with E-state index in [2.05, 4.69) is 28.7 Å². The molecule has 0 aliphatic carbocycles. The van der Waals surface area contributed by atoms with Crippen LogP contribution in [0, 0.1) is 0 Å². The second-order valence-electron chi connectivity index (χ2n) is 14.0. The van der Waals surface area contributed by atoms with Crippen LogP contribution in [0.25, 0.3) is 0 Å². The Morgan fingerprint density at radius 3 is 1.94 bits per heavy atom. The Morgan fingerprint density at radius 2 is 1.43 bits per heavy atom. The normalized spacial score (nSPS) is 21.8. The third-order valence-electron chi connectivity index (χ3n) is 9.10. The Hall–Kier alpha value is -2.94. The van der Waals surface area contributed by atoms with E-state index >= 15 is 0 Å². The monoisotopic (exact) mass is 796 g/mol. The van der Waals surface area contributed by atoms with Crippen molar-refractivity contribution in [3.05, 3.63) is 0 Å². The molecule has 1 fully saturated rings. The molecule has 0 aromatic heterocycles. The van der Waals surface area contributed by atoms with Gasteiger partial charge in [0, 0.05) is 25.4 Å². The number of amides is 3. The van der Waals surface area contributed by atoms with Crippen LogP contribution in [0.5, 0.6) is 0 Å². The Labute approximate surface area is 319 Å². The molecule has 19 heteroatoms. The molecule has 1 aliphatic rings. The number of aliphatic carboxylic acids is 2. The molecular formula is C35H64N4O14S. The Bertz CT molecular complexity index is 1270. The number of carboxylic acids is 2. The van der Waals surface area contributed by atoms with Gasteiger partial charge < -0.3 is 46.1 Å². The predicted molar refractivity (Wildman–Crippen MR) is 196 cm³/mol. The van der Waals surface area contributed by atoms with E-state index < -0.39 is 102 Å². The third-order valence-corrected chi connectivity index (χ3v) is 9.53. The highest BCUT2D eigenvalue weighted by Gasteiger charge is 2.51. The smallest absolute Gasteiger partial charge is 0.397 e. The van der Waals surface area contributed by atoms with E-state index in [0.717, 1.165) is 77.6 Å². The number of nitrogens with zero attached hydrogens (tertiary/aromatic N) is 1. The van der Waals surface area contributed by atoms with E-state index in [1.54, 1.807) is 0 Å². The number of hydrogen-bond acceptors (Lipinski definition) is 12. The fraction of sp³-hybridized carbons (Fsp3) is 0.857. The fourth-order valence-electron chi connectivity index (χ4n) is 6.12. The number of rotatable bonds is 29. The van der Waals surface area contributed by atoms with Crippen molar-refractivity contribution in [3.63, 3.8) is 0 Å². The van der Waals surface area contributed by atoms with Gasteiger partial charge in [0.05, 0.1) is 19.1 Å². The molecule has 0 aromatic carbocycles. The Balaban J connectivity index is 3.63. The quantitative estimate of drug-likeness (QED) is 0.0422. The van der Waals surface area contributed by atoms with Gasteiger partial charge in [0.2, 0.25) is 17.7 Å². The molecule has 0 aromatic rings. The number of aliphatic hydroxyl groups excluding tert-OH is 1. The number of nitrogens with one attached hydrogen (secondary N) is 2. The van der Waals surface area contributed by atoms with E-state index in [0.29, 0.717) is 12.8 Å². The molecule has 1 aliphatic heterocycles. The molecular weight excluding hydrogens is 732 g/mol.